The van der Waals surface area contributed by atoms with Crippen LogP contribution in [0.25, 0.3) is 0 Å². The van der Waals surface area contributed by atoms with E-state index in [1.807, 2.05) is 40.1 Å². The third-order valence-corrected chi connectivity index (χ3v) is 7.16. The van der Waals surface area contributed by atoms with Gasteiger partial charge in [-0.15, -0.1) is 5.10 Å². The fraction of sp³-hybridized carbons (Fsp3) is 0.583. The van der Waals surface area contributed by atoms with Crippen molar-refractivity contribution in [1.29, 1.82) is 0 Å². The minimum atomic E-state index is -0.111. The normalized spacial score (nSPS) is 22.5. The van der Waals surface area contributed by atoms with Crippen LogP contribution < -0.4 is 0 Å². The van der Waals surface area contributed by atoms with E-state index in [-0.39, 0.29) is 29.1 Å². The Balaban J connectivity index is 1.26. The molecule has 1 unspecified atom stereocenters. The molecule has 1 aliphatic carbocycles. The zero-order valence-corrected chi connectivity index (χ0v) is 18.7. The molecule has 2 aromatic rings. The van der Waals surface area contributed by atoms with E-state index in [1.165, 1.54) is 12.8 Å². The highest BCUT2D eigenvalue weighted by atomic mass is 16.5. The van der Waals surface area contributed by atoms with Crippen molar-refractivity contribution < 1.29 is 14.3 Å². The maximum atomic E-state index is 13.3. The highest BCUT2D eigenvalue weighted by Crippen LogP contribution is 2.44. The highest BCUT2D eigenvalue weighted by molar-refractivity contribution is 5.94. The summed E-state index contributed by atoms with van der Waals surface area (Å²) in [6, 6.07) is 9.61. The standard InChI is InChI=1S/C24H31N5O3/c1-27-17-25-21(26-27)23(31)28-11-9-24(10-12-28)13-20(15-32-14-18-7-8-18)29(16-24)22(30)19-5-3-2-4-6-19/h2-6,17-18,20H,7-16H2,1H3. The van der Waals surface area contributed by atoms with Gasteiger partial charge in [0.2, 0.25) is 5.82 Å². The number of likely N-dealkylation sites (tertiary alicyclic amines) is 2. The van der Waals surface area contributed by atoms with Gasteiger partial charge in [-0.05, 0) is 55.6 Å². The van der Waals surface area contributed by atoms with E-state index >= 15 is 0 Å². The van der Waals surface area contributed by atoms with Gasteiger partial charge < -0.3 is 14.5 Å². The number of rotatable bonds is 6. The fourth-order valence-corrected chi connectivity index (χ4v) is 5.08. The summed E-state index contributed by atoms with van der Waals surface area (Å²) in [5.41, 5.74) is 0.761. The molecule has 2 aliphatic heterocycles. The van der Waals surface area contributed by atoms with E-state index in [9.17, 15) is 9.59 Å². The molecule has 2 saturated heterocycles. The summed E-state index contributed by atoms with van der Waals surface area (Å²) < 4.78 is 7.58. The van der Waals surface area contributed by atoms with Gasteiger partial charge in [-0.3, -0.25) is 14.3 Å². The van der Waals surface area contributed by atoms with E-state index in [0.29, 0.717) is 25.6 Å². The molecule has 0 radical (unpaired) electrons. The Hall–Kier alpha value is -2.74. The molecule has 1 spiro atoms. The molecule has 32 heavy (non-hydrogen) atoms. The summed E-state index contributed by atoms with van der Waals surface area (Å²) in [7, 11) is 1.76. The maximum Gasteiger partial charge on any atom is 0.293 e. The average molecular weight is 438 g/mol. The second-order valence-electron chi connectivity index (χ2n) is 9.67. The number of benzene rings is 1. The minimum Gasteiger partial charge on any atom is -0.379 e. The molecule has 1 aromatic heterocycles. The summed E-state index contributed by atoms with van der Waals surface area (Å²) >= 11 is 0. The first-order valence-electron chi connectivity index (χ1n) is 11.6. The monoisotopic (exact) mass is 437 g/mol. The van der Waals surface area contributed by atoms with Crippen LogP contribution >= 0.6 is 0 Å². The van der Waals surface area contributed by atoms with Gasteiger partial charge >= 0.3 is 0 Å². The van der Waals surface area contributed by atoms with Crippen LogP contribution in [0.2, 0.25) is 0 Å². The van der Waals surface area contributed by atoms with Gasteiger partial charge in [0.05, 0.1) is 12.6 Å². The first-order chi connectivity index (χ1) is 15.5. The van der Waals surface area contributed by atoms with E-state index in [4.69, 9.17) is 4.74 Å². The van der Waals surface area contributed by atoms with Crippen LogP contribution in [0.1, 0.15) is 53.1 Å². The molecular formula is C24H31N5O3. The van der Waals surface area contributed by atoms with E-state index in [1.54, 1.807) is 18.1 Å². The first kappa shape index (κ1) is 21.1. The van der Waals surface area contributed by atoms with Crippen molar-refractivity contribution >= 4 is 11.8 Å². The molecule has 3 heterocycles. The number of aromatic nitrogens is 3. The smallest absolute Gasteiger partial charge is 0.293 e. The third-order valence-electron chi connectivity index (χ3n) is 7.16. The Bertz CT molecular complexity index is 963. The van der Waals surface area contributed by atoms with Crippen LogP contribution in [-0.2, 0) is 11.8 Å². The molecule has 0 bridgehead atoms. The van der Waals surface area contributed by atoms with E-state index in [2.05, 4.69) is 10.1 Å². The molecule has 170 valence electrons. The summed E-state index contributed by atoms with van der Waals surface area (Å²) in [5, 5.41) is 4.15. The number of ether oxygens (including phenoxy) is 1. The lowest BCUT2D eigenvalue weighted by Gasteiger charge is -2.38. The molecule has 8 heteroatoms. The van der Waals surface area contributed by atoms with E-state index in [0.717, 1.165) is 38.0 Å². The molecule has 0 N–H and O–H groups in total. The zero-order chi connectivity index (χ0) is 22.1. The van der Waals surface area contributed by atoms with Crippen LogP contribution in [0, 0.1) is 11.3 Å². The van der Waals surface area contributed by atoms with Crippen molar-refractivity contribution in [3.05, 3.63) is 48.0 Å². The topological polar surface area (TPSA) is 80.6 Å². The quantitative estimate of drug-likeness (QED) is 0.693. The molecule has 3 aliphatic rings. The lowest BCUT2D eigenvalue weighted by molar-refractivity contribution is 0.0505. The van der Waals surface area contributed by atoms with Crippen LogP contribution in [0.15, 0.2) is 36.7 Å². The first-order valence-corrected chi connectivity index (χ1v) is 11.6. The van der Waals surface area contributed by atoms with Crippen molar-refractivity contribution in [3.63, 3.8) is 0 Å². The van der Waals surface area contributed by atoms with Crippen molar-refractivity contribution in [2.45, 2.75) is 38.1 Å². The van der Waals surface area contributed by atoms with Gasteiger partial charge in [-0.1, -0.05) is 18.2 Å². The van der Waals surface area contributed by atoms with Crippen molar-refractivity contribution in [3.8, 4) is 0 Å². The van der Waals surface area contributed by atoms with Crippen molar-refractivity contribution in [1.82, 2.24) is 24.6 Å². The molecule has 5 rings (SSSR count). The average Bonchev–Trinajstić information content (AvgIpc) is 3.43. The van der Waals surface area contributed by atoms with Crippen molar-refractivity contribution in [2.75, 3.05) is 32.8 Å². The maximum absolute atomic E-state index is 13.3. The molecule has 2 amide bonds. The van der Waals surface area contributed by atoms with Gasteiger partial charge in [-0.25, -0.2) is 4.98 Å². The number of aryl methyl sites for hydroxylation is 1. The SMILES string of the molecule is Cn1cnc(C(=O)N2CCC3(CC2)CC(COCC2CC2)N(C(=O)c2ccccc2)C3)n1. The lowest BCUT2D eigenvalue weighted by atomic mass is 9.76. The predicted molar refractivity (Wildman–Crippen MR) is 118 cm³/mol. The number of carbonyl (C=O) groups excluding carboxylic acids is 2. The fourth-order valence-electron chi connectivity index (χ4n) is 5.08. The van der Waals surface area contributed by atoms with E-state index < -0.39 is 0 Å². The van der Waals surface area contributed by atoms with Gasteiger partial charge in [-0.2, -0.15) is 0 Å². The second-order valence-corrected chi connectivity index (χ2v) is 9.67. The number of amides is 2. The number of nitrogens with zero attached hydrogens (tertiary/aromatic N) is 5. The number of hydrogen-bond acceptors (Lipinski definition) is 5. The molecule has 1 atom stereocenters. The third kappa shape index (κ3) is 4.41. The summed E-state index contributed by atoms with van der Waals surface area (Å²) in [4.78, 5) is 34.1. The predicted octanol–water partition coefficient (Wildman–Crippen LogP) is 2.38. The Morgan fingerprint density at radius 3 is 2.50 bits per heavy atom. The second kappa shape index (κ2) is 8.65. The lowest BCUT2D eigenvalue weighted by Crippen LogP contribution is -2.45. The van der Waals surface area contributed by atoms with Crippen LogP contribution in [0.5, 0.6) is 0 Å². The van der Waals surface area contributed by atoms with Crippen LogP contribution in [-0.4, -0.2) is 75.3 Å². The number of piperidine rings is 1. The Kier molecular flexibility index (Phi) is 5.71. The van der Waals surface area contributed by atoms with Gasteiger partial charge in [0.1, 0.15) is 6.33 Å². The molecule has 1 aromatic carbocycles. The van der Waals surface area contributed by atoms with Gasteiger partial charge in [0.15, 0.2) is 0 Å². The molecule has 1 saturated carbocycles. The largest absolute Gasteiger partial charge is 0.379 e. The summed E-state index contributed by atoms with van der Waals surface area (Å²) in [5.74, 6) is 0.930. The zero-order valence-electron chi connectivity index (χ0n) is 18.7. The van der Waals surface area contributed by atoms with Crippen LogP contribution in [0.4, 0.5) is 0 Å². The molecular weight excluding hydrogens is 406 g/mol. The Labute approximate surface area is 188 Å². The van der Waals surface area contributed by atoms with Crippen LogP contribution in [0.3, 0.4) is 0 Å². The van der Waals surface area contributed by atoms with Gasteiger partial charge in [0.25, 0.3) is 11.8 Å². The number of hydrogen-bond donors (Lipinski definition) is 0. The number of carbonyl (C=O) groups is 2. The summed E-state index contributed by atoms with van der Waals surface area (Å²) in [6.07, 6.45) is 6.76. The molecule has 8 nitrogen and oxygen atoms in total. The van der Waals surface area contributed by atoms with Crippen molar-refractivity contribution in [2.24, 2.45) is 18.4 Å². The summed E-state index contributed by atoms with van der Waals surface area (Å²) in [6.45, 7) is 3.45. The Morgan fingerprint density at radius 1 is 1.09 bits per heavy atom. The highest BCUT2D eigenvalue weighted by Gasteiger charge is 2.48. The van der Waals surface area contributed by atoms with Gasteiger partial charge in [0, 0.05) is 38.9 Å². The Morgan fingerprint density at radius 2 is 1.84 bits per heavy atom. The molecule has 3 fully saturated rings. The minimum absolute atomic E-state index is 0.0341.